The van der Waals surface area contributed by atoms with Crippen LogP contribution in [0, 0.1) is 13.8 Å². The number of esters is 1. The summed E-state index contributed by atoms with van der Waals surface area (Å²) in [6.45, 7) is 6.72. The molecular weight excluding hydrogens is 266 g/mol. The summed E-state index contributed by atoms with van der Waals surface area (Å²) in [5.41, 5.74) is 2.53. The van der Waals surface area contributed by atoms with E-state index < -0.39 is 0 Å². The molecule has 0 bridgehead atoms. The number of nitrogens with zero attached hydrogens (tertiary/aromatic N) is 1. The minimum atomic E-state index is -0.109. The Kier molecular flexibility index (Phi) is 5.62. The molecule has 1 aliphatic heterocycles. The Hall–Kier alpha value is -1.55. The summed E-state index contributed by atoms with van der Waals surface area (Å²) in [6, 6.07) is 6.10. The van der Waals surface area contributed by atoms with E-state index in [1.807, 2.05) is 6.07 Å². The molecule has 2 rings (SSSR count). The van der Waals surface area contributed by atoms with Crippen LogP contribution in [-0.2, 0) is 9.53 Å². The Labute approximate surface area is 127 Å². The SMILES string of the molecule is COC(=O)C1CCCN1CCCOc1ccc(C)c(C)c1. The van der Waals surface area contributed by atoms with Crippen molar-refractivity contribution in [2.75, 3.05) is 26.8 Å². The van der Waals surface area contributed by atoms with Gasteiger partial charge in [-0.2, -0.15) is 0 Å². The lowest BCUT2D eigenvalue weighted by molar-refractivity contribution is -0.145. The van der Waals surface area contributed by atoms with Gasteiger partial charge in [-0.3, -0.25) is 9.69 Å². The van der Waals surface area contributed by atoms with Gasteiger partial charge in [-0.15, -0.1) is 0 Å². The van der Waals surface area contributed by atoms with Crippen molar-refractivity contribution in [3.63, 3.8) is 0 Å². The van der Waals surface area contributed by atoms with Crippen LogP contribution in [-0.4, -0.2) is 43.7 Å². The van der Waals surface area contributed by atoms with Crippen molar-refractivity contribution in [2.24, 2.45) is 0 Å². The largest absolute Gasteiger partial charge is 0.494 e. The van der Waals surface area contributed by atoms with Crippen molar-refractivity contribution in [1.82, 2.24) is 4.90 Å². The maximum absolute atomic E-state index is 11.7. The summed E-state index contributed by atoms with van der Waals surface area (Å²) >= 11 is 0. The third-order valence-electron chi connectivity index (χ3n) is 4.17. The molecule has 0 radical (unpaired) electrons. The lowest BCUT2D eigenvalue weighted by atomic mass is 10.1. The average molecular weight is 291 g/mol. The Morgan fingerprint density at radius 1 is 1.33 bits per heavy atom. The van der Waals surface area contributed by atoms with Crippen molar-refractivity contribution in [3.05, 3.63) is 29.3 Å². The van der Waals surface area contributed by atoms with Gasteiger partial charge in [0.1, 0.15) is 11.8 Å². The number of hydrogen-bond donors (Lipinski definition) is 0. The fraction of sp³-hybridized carbons (Fsp3) is 0.588. The van der Waals surface area contributed by atoms with Crippen LogP contribution in [0.1, 0.15) is 30.4 Å². The number of aryl methyl sites for hydroxylation is 2. The van der Waals surface area contributed by atoms with Gasteiger partial charge in [-0.05, 0) is 62.9 Å². The minimum absolute atomic E-state index is 0.0587. The minimum Gasteiger partial charge on any atom is -0.494 e. The monoisotopic (exact) mass is 291 g/mol. The smallest absolute Gasteiger partial charge is 0.323 e. The van der Waals surface area contributed by atoms with Crippen LogP contribution in [0.25, 0.3) is 0 Å². The molecule has 0 aromatic heterocycles. The van der Waals surface area contributed by atoms with Gasteiger partial charge in [0.25, 0.3) is 0 Å². The molecule has 0 spiro atoms. The standard InChI is InChI=1S/C17H25NO3/c1-13-7-8-15(12-14(13)2)21-11-5-10-18-9-4-6-16(18)17(19)20-3/h7-8,12,16H,4-6,9-11H2,1-3H3. The van der Waals surface area contributed by atoms with Gasteiger partial charge in [0.15, 0.2) is 0 Å². The molecule has 0 amide bonds. The molecule has 4 heteroatoms. The highest BCUT2D eigenvalue weighted by atomic mass is 16.5. The first kappa shape index (κ1) is 15.8. The lowest BCUT2D eigenvalue weighted by Crippen LogP contribution is -2.37. The van der Waals surface area contributed by atoms with Crippen LogP contribution < -0.4 is 4.74 Å². The third kappa shape index (κ3) is 4.21. The summed E-state index contributed by atoms with van der Waals surface area (Å²) in [4.78, 5) is 13.9. The molecule has 1 aromatic rings. The zero-order valence-corrected chi connectivity index (χ0v) is 13.2. The molecule has 1 atom stereocenters. The molecule has 1 aromatic carbocycles. The summed E-state index contributed by atoms with van der Waals surface area (Å²) in [5, 5.41) is 0. The predicted molar refractivity (Wildman–Crippen MR) is 82.6 cm³/mol. The van der Waals surface area contributed by atoms with Crippen molar-refractivity contribution >= 4 is 5.97 Å². The van der Waals surface area contributed by atoms with E-state index in [9.17, 15) is 4.79 Å². The predicted octanol–water partition coefficient (Wildman–Crippen LogP) is 2.71. The molecule has 0 aliphatic carbocycles. The highest BCUT2D eigenvalue weighted by Crippen LogP contribution is 2.19. The lowest BCUT2D eigenvalue weighted by Gasteiger charge is -2.22. The number of methoxy groups -OCH3 is 1. The Bertz CT molecular complexity index is 487. The maximum Gasteiger partial charge on any atom is 0.323 e. The van der Waals surface area contributed by atoms with E-state index in [0.717, 1.165) is 38.1 Å². The molecule has 21 heavy (non-hydrogen) atoms. The van der Waals surface area contributed by atoms with Crippen LogP contribution in [0.15, 0.2) is 18.2 Å². The molecule has 1 unspecified atom stereocenters. The van der Waals surface area contributed by atoms with Gasteiger partial charge < -0.3 is 9.47 Å². The van der Waals surface area contributed by atoms with Gasteiger partial charge in [0.2, 0.25) is 0 Å². The summed E-state index contributed by atoms with van der Waals surface area (Å²) in [6.07, 6.45) is 2.89. The van der Waals surface area contributed by atoms with Crippen LogP contribution >= 0.6 is 0 Å². The van der Waals surface area contributed by atoms with E-state index in [-0.39, 0.29) is 12.0 Å². The van der Waals surface area contributed by atoms with Gasteiger partial charge in [0.05, 0.1) is 13.7 Å². The topological polar surface area (TPSA) is 38.8 Å². The molecule has 1 aliphatic rings. The van der Waals surface area contributed by atoms with Crippen LogP contribution in [0.4, 0.5) is 0 Å². The van der Waals surface area contributed by atoms with Crippen molar-refractivity contribution in [1.29, 1.82) is 0 Å². The highest BCUT2D eigenvalue weighted by Gasteiger charge is 2.30. The summed E-state index contributed by atoms with van der Waals surface area (Å²) in [7, 11) is 1.46. The molecule has 0 N–H and O–H groups in total. The number of hydrogen-bond acceptors (Lipinski definition) is 4. The van der Waals surface area contributed by atoms with Crippen molar-refractivity contribution < 1.29 is 14.3 Å². The number of benzene rings is 1. The molecule has 1 saturated heterocycles. The second kappa shape index (κ2) is 7.46. The highest BCUT2D eigenvalue weighted by molar-refractivity contribution is 5.75. The van der Waals surface area contributed by atoms with Gasteiger partial charge in [-0.25, -0.2) is 0 Å². The molecule has 4 nitrogen and oxygen atoms in total. The van der Waals surface area contributed by atoms with E-state index in [4.69, 9.17) is 9.47 Å². The number of carbonyl (C=O) groups excluding carboxylic acids is 1. The first-order valence-electron chi connectivity index (χ1n) is 7.63. The van der Waals surface area contributed by atoms with E-state index in [1.165, 1.54) is 18.2 Å². The number of ether oxygens (including phenoxy) is 2. The van der Waals surface area contributed by atoms with Crippen LogP contribution in [0.5, 0.6) is 5.75 Å². The van der Waals surface area contributed by atoms with Crippen LogP contribution in [0.3, 0.4) is 0 Å². The Morgan fingerprint density at radius 3 is 2.86 bits per heavy atom. The average Bonchev–Trinajstić information content (AvgIpc) is 2.95. The second-order valence-corrected chi connectivity index (χ2v) is 5.67. The number of likely N-dealkylation sites (tertiary alicyclic amines) is 1. The molecule has 1 heterocycles. The van der Waals surface area contributed by atoms with E-state index in [0.29, 0.717) is 6.61 Å². The first-order valence-corrected chi connectivity index (χ1v) is 7.63. The van der Waals surface area contributed by atoms with Gasteiger partial charge in [0, 0.05) is 6.54 Å². The number of rotatable bonds is 6. The number of carbonyl (C=O) groups is 1. The molecule has 1 fully saturated rings. The zero-order valence-electron chi connectivity index (χ0n) is 13.2. The van der Waals surface area contributed by atoms with Crippen LogP contribution in [0.2, 0.25) is 0 Å². The first-order chi connectivity index (χ1) is 10.1. The van der Waals surface area contributed by atoms with Gasteiger partial charge in [-0.1, -0.05) is 6.07 Å². The van der Waals surface area contributed by atoms with Gasteiger partial charge >= 0.3 is 5.97 Å². The quantitative estimate of drug-likeness (QED) is 0.597. The maximum atomic E-state index is 11.7. The summed E-state index contributed by atoms with van der Waals surface area (Å²) < 4.78 is 10.6. The van der Waals surface area contributed by atoms with E-state index in [1.54, 1.807) is 0 Å². The normalized spacial score (nSPS) is 18.7. The Balaban J connectivity index is 1.74. The fourth-order valence-corrected chi connectivity index (χ4v) is 2.76. The van der Waals surface area contributed by atoms with Crippen molar-refractivity contribution in [3.8, 4) is 5.75 Å². The molecule has 116 valence electrons. The molecular formula is C17H25NO3. The zero-order chi connectivity index (χ0) is 15.2. The van der Waals surface area contributed by atoms with Crippen molar-refractivity contribution in [2.45, 2.75) is 39.2 Å². The molecule has 0 saturated carbocycles. The van der Waals surface area contributed by atoms with E-state index >= 15 is 0 Å². The summed E-state index contributed by atoms with van der Waals surface area (Å²) in [5.74, 6) is 0.812. The fourth-order valence-electron chi connectivity index (χ4n) is 2.76. The van der Waals surface area contributed by atoms with E-state index in [2.05, 4.69) is 30.9 Å². The third-order valence-corrected chi connectivity index (χ3v) is 4.17. The second-order valence-electron chi connectivity index (χ2n) is 5.67. The Morgan fingerprint density at radius 2 is 2.14 bits per heavy atom.